The Bertz CT molecular complexity index is 256. The number of aliphatic hydroxyl groups excluding tert-OH is 2. The van der Waals surface area contributed by atoms with Crippen LogP contribution in [0, 0.1) is 0 Å². The number of hydrogen-bond acceptors (Lipinski definition) is 4. The third-order valence-corrected chi connectivity index (χ3v) is 3.67. The second kappa shape index (κ2) is 5.80. The van der Waals surface area contributed by atoms with E-state index in [1.807, 2.05) is 0 Å². The molecule has 0 aromatic rings. The van der Waals surface area contributed by atoms with E-state index in [-0.39, 0.29) is 12.5 Å². The Kier molecular flexibility index (Phi) is 4.36. The summed E-state index contributed by atoms with van der Waals surface area (Å²) in [4.78, 5) is 13.6. The van der Waals surface area contributed by atoms with E-state index in [0.717, 1.165) is 12.8 Å². The lowest BCUT2D eigenvalue weighted by Crippen LogP contribution is -2.42. The van der Waals surface area contributed by atoms with Crippen LogP contribution in [0.5, 0.6) is 0 Å². The van der Waals surface area contributed by atoms with E-state index in [4.69, 9.17) is 0 Å². The molecule has 5 heteroatoms. The molecule has 3 N–H and O–H groups in total. The molecule has 1 heterocycles. The van der Waals surface area contributed by atoms with Gasteiger partial charge in [0.25, 0.3) is 0 Å². The zero-order valence-electron chi connectivity index (χ0n) is 10.1. The Morgan fingerprint density at radius 2 is 1.71 bits per heavy atom. The highest BCUT2D eigenvalue weighted by Gasteiger charge is 2.30. The second-order valence-electron chi connectivity index (χ2n) is 5.23. The fourth-order valence-corrected chi connectivity index (χ4v) is 2.70. The van der Waals surface area contributed by atoms with E-state index in [1.54, 1.807) is 4.90 Å². The SMILES string of the molecule is O=C(CN1C[C@@H](O)[C@@H](O)C1)NC1CCCCC1. The molecule has 1 aliphatic heterocycles. The van der Waals surface area contributed by atoms with Crippen molar-refractivity contribution < 1.29 is 15.0 Å². The Morgan fingerprint density at radius 3 is 2.29 bits per heavy atom. The lowest BCUT2D eigenvalue weighted by molar-refractivity contribution is -0.123. The molecule has 98 valence electrons. The molecule has 0 aromatic carbocycles. The van der Waals surface area contributed by atoms with Crippen LogP contribution in [0.4, 0.5) is 0 Å². The van der Waals surface area contributed by atoms with E-state index in [2.05, 4.69) is 5.32 Å². The van der Waals surface area contributed by atoms with Crippen LogP contribution in [-0.4, -0.2) is 58.9 Å². The Balaban J connectivity index is 1.70. The molecule has 1 aliphatic carbocycles. The molecule has 0 unspecified atom stereocenters. The van der Waals surface area contributed by atoms with Gasteiger partial charge in [-0.15, -0.1) is 0 Å². The minimum absolute atomic E-state index is 0.0122. The molecule has 2 fully saturated rings. The molecule has 17 heavy (non-hydrogen) atoms. The summed E-state index contributed by atoms with van der Waals surface area (Å²) in [5, 5.41) is 21.8. The summed E-state index contributed by atoms with van der Waals surface area (Å²) < 4.78 is 0. The molecule has 0 radical (unpaired) electrons. The summed E-state index contributed by atoms with van der Waals surface area (Å²) in [6.07, 6.45) is 4.42. The maximum Gasteiger partial charge on any atom is 0.234 e. The number of aliphatic hydroxyl groups is 2. The van der Waals surface area contributed by atoms with Gasteiger partial charge in [-0.05, 0) is 12.8 Å². The summed E-state index contributed by atoms with van der Waals surface area (Å²) in [6, 6.07) is 0.327. The summed E-state index contributed by atoms with van der Waals surface area (Å²) in [5.41, 5.74) is 0. The van der Waals surface area contributed by atoms with Crippen molar-refractivity contribution in [2.24, 2.45) is 0 Å². The molecule has 2 atom stereocenters. The topological polar surface area (TPSA) is 72.8 Å². The highest BCUT2D eigenvalue weighted by atomic mass is 16.3. The summed E-state index contributed by atoms with van der Waals surface area (Å²) in [7, 11) is 0. The van der Waals surface area contributed by atoms with Gasteiger partial charge < -0.3 is 15.5 Å². The fraction of sp³-hybridized carbons (Fsp3) is 0.917. The Hall–Kier alpha value is -0.650. The number of carbonyl (C=O) groups is 1. The van der Waals surface area contributed by atoms with Gasteiger partial charge in [0.2, 0.25) is 5.91 Å². The molecular formula is C12H22N2O3. The van der Waals surface area contributed by atoms with E-state index in [0.29, 0.717) is 19.1 Å². The lowest BCUT2D eigenvalue weighted by atomic mass is 9.95. The normalized spacial score (nSPS) is 31.6. The number of likely N-dealkylation sites (tertiary alicyclic amines) is 1. The number of nitrogens with one attached hydrogen (secondary N) is 1. The van der Waals surface area contributed by atoms with E-state index < -0.39 is 12.2 Å². The quantitative estimate of drug-likeness (QED) is 0.622. The smallest absolute Gasteiger partial charge is 0.234 e. The van der Waals surface area contributed by atoms with Crippen LogP contribution in [-0.2, 0) is 4.79 Å². The van der Waals surface area contributed by atoms with Gasteiger partial charge in [0, 0.05) is 19.1 Å². The lowest BCUT2D eigenvalue weighted by Gasteiger charge is -2.24. The highest BCUT2D eigenvalue weighted by molar-refractivity contribution is 5.78. The molecule has 0 aromatic heterocycles. The van der Waals surface area contributed by atoms with E-state index >= 15 is 0 Å². The average Bonchev–Trinajstić information content (AvgIpc) is 2.59. The van der Waals surface area contributed by atoms with Gasteiger partial charge in [-0.3, -0.25) is 9.69 Å². The van der Waals surface area contributed by atoms with Gasteiger partial charge in [-0.25, -0.2) is 0 Å². The van der Waals surface area contributed by atoms with Crippen molar-refractivity contribution in [1.82, 2.24) is 10.2 Å². The number of carbonyl (C=O) groups excluding carboxylic acids is 1. The summed E-state index contributed by atoms with van der Waals surface area (Å²) >= 11 is 0. The third kappa shape index (κ3) is 3.66. The van der Waals surface area contributed by atoms with Gasteiger partial charge >= 0.3 is 0 Å². The molecule has 1 amide bonds. The first kappa shape index (κ1) is 12.8. The van der Waals surface area contributed by atoms with Crippen molar-refractivity contribution in [3.63, 3.8) is 0 Å². The van der Waals surface area contributed by atoms with Crippen molar-refractivity contribution in [3.8, 4) is 0 Å². The number of nitrogens with zero attached hydrogens (tertiary/aromatic N) is 1. The predicted octanol–water partition coefficient (Wildman–Crippen LogP) is -0.527. The largest absolute Gasteiger partial charge is 0.389 e. The van der Waals surface area contributed by atoms with Crippen LogP contribution in [0.1, 0.15) is 32.1 Å². The molecule has 5 nitrogen and oxygen atoms in total. The molecule has 0 bridgehead atoms. The minimum atomic E-state index is -0.711. The van der Waals surface area contributed by atoms with Crippen LogP contribution < -0.4 is 5.32 Å². The number of amides is 1. The van der Waals surface area contributed by atoms with Crippen molar-refractivity contribution in [3.05, 3.63) is 0 Å². The zero-order valence-corrected chi connectivity index (χ0v) is 10.1. The van der Waals surface area contributed by atoms with Gasteiger partial charge in [0.1, 0.15) is 0 Å². The summed E-state index contributed by atoms with van der Waals surface area (Å²) in [5.74, 6) is 0.0122. The van der Waals surface area contributed by atoms with Crippen LogP contribution in [0.2, 0.25) is 0 Å². The number of hydrogen-bond donors (Lipinski definition) is 3. The molecule has 1 saturated heterocycles. The number of β-amino-alcohol motifs (C(OH)–C–C–N with tert-alkyl or cyclic N) is 2. The summed E-state index contributed by atoms with van der Waals surface area (Å²) in [6.45, 7) is 1.06. The Labute approximate surface area is 102 Å². The Morgan fingerprint density at radius 1 is 1.12 bits per heavy atom. The zero-order chi connectivity index (χ0) is 12.3. The van der Waals surface area contributed by atoms with Gasteiger partial charge in [-0.2, -0.15) is 0 Å². The van der Waals surface area contributed by atoms with Gasteiger partial charge in [0.05, 0.1) is 18.8 Å². The monoisotopic (exact) mass is 242 g/mol. The van der Waals surface area contributed by atoms with E-state index in [9.17, 15) is 15.0 Å². The molecule has 1 saturated carbocycles. The first-order valence-electron chi connectivity index (χ1n) is 6.53. The molecule has 2 aliphatic rings. The van der Waals surface area contributed by atoms with Crippen molar-refractivity contribution in [2.45, 2.75) is 50.4 Å². The average molecular weight is 242 g/mol. The van der Waals surface area contributed by atoms with Gasteiger partial charge in [-0.1, -0.05) is 19.3 Å². The van der Waals surface area contributed by atoms with Crippen LogP contribution in [0.3, 0.4) is 0 Å². The maximum atomic E-state index is 11.8. The van der Waals surface area contributed by atoms with Crippen LogP contribution in [0.15, 0.2) is 0 Å². The first-order chi connectivity index (χ1) is 8.15. The molecule has 2 rings (SSSR count). The fourth-order valence-electron chi connectivity index (χ4n) is 2.70. The van der Waals surface area contributed by atoms with Crippen molar-refractivity contribution in [2.75, 3.05) is 19.6 Å². The number of rotatable bonds is 3. The molecule has 0 spiro atoms. The van der Waals surface area contributed by atoms with Crippen molar-refractivity contribution in [1.29, 1.82) is 0 Å². The van der Waals surface area contributed by atoms with E-state index in [1.165, 1.54) is 19.3 Å². The predicted molar refractivity (Wildman–Crippen MR) is 63.5 cm³/mol. The van der Waals surface area contributed by atoms with Crippen molar-refractivity contribution >= 4 is 5.91 Å². The minimum Gasteiger partial charge on any atom is -0.389 e. The van der Waals surface area contributed by atoms with Crippen LogP contribution in [0.25, 0.3) is 0 Å². The van der Waals surface area contributed by atoms with Gasteiger partial charge in [0.15, 0.2) is 0 Å². The first-order valence-corrected chi connectivity index (χ1v) is 6.53. The third-order valence-electron chi connectivity index (χ3n) is 3.67. The standard InChI is InChI=1S/C12H22N2O3/c15-10-6-14(7-11(10)16)8-12(17)13-9-4-2-1-3-5-9/h9-11,15-16H,1-8H2,(H,13,17)/t10-,11+. The molecular weight excluding hydrogens is 220 g/mol. The highest BCUT2D eigenvalue weighted by Crippen LogP contribution is 2.17. The maximum absolute atomic E-state index is 11.8. The second-order valence-corrected chi connectivity index (χ2v) is 5.23. The van der Waals surface area contributed by atoms with Crippen LogP contribution >= 0.6 is 0 Å².